The van der Waals surface area contributed by atoms with E-state index >= 15 is 0 Å². The third-order valence-electron chi connectivity index (χ3n) is 2.75. The molecule has 0 saturated heterocycles. The molecule has 0 radical (unpaired) electrons. The summed E-state index contributed by atoms with van der Waals surface area (Å²) in [6, 6.07) is 0. The summed E-state index contributed by atoms with van der Waals surface area (Å²) in [5.74, 6) is -3.25. The van der Waals surface area contributed by atoms with Crippen LogP contribution in [0.25, 0.3) is 0 Å². The van der Waals surface area contributed by atoms with Crippen LogP contribution >= 0.6 is 0 Å². The number of carboxylic acids is 2. The van der Waals surface area contributed by atoms with Gasteiger partial charge in [0.25, 0.3) is 0 Å². The Morgan fingerprint density at radius 2 is 1.10 bits per heavy atom. The van der Waals surface area contributed by atoms with Crippen molar-refractivity contribution in [1.29, 1.82) is 0 Å². The molecule has 0 spiro atoms. The molecule has 0 unspecified atom stereocenters. The molecule has 108 valence electrons. The Hall–Kier alpha value is 2.81. The van der Waals surface area contributed by atoms with E-state index in [1.54, 1.807) is 0 Å². The van der Waals surface area contributed by atoms with Gasteiger partial charge in [-0.1, -0.05) is 0 Å². The molecule has 0 saturated carbocycles. The number of rotatable bonds is 11. The van der Waals surface area contributed by atoms with Crippen LogP contribution in [0.3, 0.4) is 0 Å². The molecular weight excluding hydrogens is 317 g/mol. The fourth-order valence-corrected chi connectivity index (χ4v) is 1.68. The molecule has 0 aliphatic rings. The second-order valence-corrected chi connectivity index (χ2v) is 4.75. The van der Waals surface area contributed by atoms with Crippen LogP contribution in [0.5, 0.6) is 0 Å². The van der Waals surface area contributed by atoms with E-state index in [2.05, 4.69) is 24.6 Å². The number of aliphatic carboxylic acids is 2. The third-order valence-corrected chi connectivity index (χ3v) is 2.75. The Labute approximate surface area is 224 Å². The molecule has 0 bridgehead atoms. The predicted octanol–water partition coefficient (Wildman–Crippen LogP) is -5.01. The van der Waals surface area contributed by atoms with E-state index in [4.69, 9.17) is 0 Å². The van der Waals surface area contributed by atoms with E-state index in [9.17, 15) is 19.8 Å². The number of hydrogen-bond donors (Lipinski definition) is 0. The van der Waals surface area contributed by atoms with Crippen LogP contribution in [0.2, 0.25) is 5.09 Å². The number of carbonyl (C=O) groups is 2. The zero-order valence-electron chi connectivity index (χ0n) is 14.4. The Morgan fingerprint density at radius 1 is 0.762 bits per heavy atom. The summed E-state index contributed by atoms with van der Waals surface area (Å²) in [7, 11) is 0. The van der Waals surface area contributed by atoms with Crippen molar-refractivity contribution >= 4 is 29.7 Å². The summed E-state index contributed by atoms with van der Waals surface area (Å²) in [5.41, 5.74) is 0. The first-order valence-electron chi connectivity index (χ1n) is 7.44. The van der Waals surface area contributed by atoms with Crippen molar-refractivity contribution in [1.82, 2.24) is 0 Å². The quantitative estimate of drug-likeness (QED) is 0.214. The summed E-state index contributed by atoms with van der Waals surface area (Å²) in [4.78, 5) is 18.6. The molecule has 0 aromatic rings. The Kier molecular flexibility index (Phi) is 41.6. The van der Waals surface area contributed by atoms with Crippen molar-refractivity contribution in [2.75, 3.05) is 0 Å². The molecule has 0 heterocycles. The van der Waals surface area contributed by atoms with Crippen LogP contribution in [-0.4, -0.2) is 29.7 Å². The molecule has 4 nitrogen and oxygen atoms in total. The van der Waals surface area contributed by atoms with Crippen LogP contribution < -0.4 is 113 Å². The summed E-state index contributed by atoms with van der Waals surface area (Å²) >= 11 is 2.28. The average Bonchev–Trinajstić information content (AvgIpc) is 2.32. The van der Waals surface area contributed by atoms with Crippen LogP contribution in [0.15, 0.2) is 0 Å². The van der Waals surface area contributed by atoms with E-state index in [1.165, 1.54) is 62.9 Å². The summed E-state index contributed by atoms with van der Waals surface area (Å²) in [6.07, 6.45) is 12.0. The van der Waals surface area contributed by atoms with Gasteiger partial charge >= 0.3 is 190 Å². The van der Waals surface area contributed by atoms with Crippen molar-refractivity contribution in [2.45, 2.75) is 76.2 Å². The molecule has 0 fully saturated rings. The van der Waals surface area contributed by atoms with E-state index in [-0.39, 0.29) is 103 Å². The third kappa shape index (κ3) is 39.5. The minimum absolute atomic E-state index is 0. The van der Waals surface area contributed by atoms with Crippen molar-refractivity contribution < 1.29 is 123 Å². The first kappa shape index (κ1) is 31.6. The van der Waals surface area contributed by atoms with Crippen molar-refractivity contribution in [3.05, 3.63) is 0 Å². The second kappa shape index (κ2) is 27.6. The fraction of sp³-hybridized carbons (Fsp3) is 0.857. The van der Waals surface area contributed by atoms with Crippen LogP contribution in [-0.2, 0) is 9.59 Å². The zero-order chi connectivity index (χ0) is 14.9. The molecule has 21 heavy (non-hydrogen) atoms. The molecular formula is C14H25K2LiO4. The standard InChI is InChI=1S/C11H23.C3H4O4.2K.Li/c1-3-5-7-9-11-10-8-6-4-2;4-2(5)1-3(6)7;;;/h1,3-11H2,2H3;1H2,(H,4,5)(H,6,7);;;/q;;2*+1;/p-2. The van der Waals surface area contributed by atoms with Gasteiger partial charge in [0.1, 0.15) is 0 Å². The van der Waals surface area contributed by atoms with Gasteiger partial charge in [0.05, 0.1) is 0 Å². The van der Waals surface area contributed by atoms with Crippen LogP contribution in [0.4, 0.5) is 0 Å². The van der Waals surface area contributed by atoms with Crippen LogP contribution in [0, 0.1) is 0 Å². The van der Waals surface area contributed by atoms with E-state index < -0.39 is 18.4 Å². The fourth-order valence-electron chi connectivity index (χ4n) is 1.68. The molecule has 0 aromatic heterocycles. The van der Waals surface area contributed by atoms with E-state index in [0.717, 1.165) is 0 Å². The van der Waals surface area contributed by atoms with E-state index in [1.807, 2.05) is 0 Å². The first-order chi connectivity index (χ1) is 9.04. The van der Waals surface area contributed by atoms with Gasteiger partial charge in [0, 0.05) is 18.4 Å². The second-order valence-electron chi connectivity index (χ2n) is 4.75. The van der Waals surface area contributed by atoms with Gasteiger partial charge in [0.15, 0.2) is 0 Å². The molecule has 0 aliphatic carbocycles. The number of carboxylic acid groups (broad SMARTS) is 2. The molecule has 0 aliphatic heterocycles. The van der Waals surface area contributed by atoms with Crippen LogP contribution in [0.1, 0.15) is 71.1 Å². The van der Waals surface area contributed by atoms with Crippen molar-refractivity contribution in [2.24, 2.45) is 0 Å². The molecule has 0 amide bonds. The minimum atomic E-state index is -1.63. The molecule has 0 rings (SSSR count). The molecule has 0 aromatic carbocycles. The van der Waals surface area contributed by atoms with Gasteiger partial charge < -0.3 is 19.8 Å². The maximum absolute atomic E-state index is 9.28. The Bertz CT molecular complexity index is 207. The van der Waals surface area contributed by atoms with Gasteiger partial charge in [-0.25, -0.2) is 0 Å². The molecule has 0 N–H and O–H groups in total. The van der Waals surface area contributed by atoms with Gasteiger partial charge in [0.2, 0.25) is 0 Å². The normalized spacial score (nSPS) is 8.71. The van der Waals surface area contributed by atoms with Gasteiger partial charge in [-0.2, -0.15) is 0 Å². The maximum atomic E-state index is 9.28. The molecule has 7 heteroatoms. The topological polar surface area (TPSA) is 80.3 Å². The number of carbonyl (C=O) groups excluding carboxylic acids is 2. The Morgan fingerprint density at radius 3 is 1.33 bits per heavy atom. The number of unbranched alkanes of at least 4 members (excludes halogenated alkanes) is 8. The Balaban J connectivity index is -0.000000140. The average molecular weight is 342 g/mol. The molecule has 0 atom stereocenters. The van der Waals surface area contributed by atoms with Gasteiger partial charge in [-0.3, -0.25) is 0 Å². The SMILES string of the molecule is O=C([O-])CC(=O)[O-].[K+].[K+].[Li][CH2]CCCCCCCCCC. The van der Waals surface area contributed by atoms with Crippen molar-refractivity contribution in [3.8, 4) is 0 Å². The van der Waals surface area contributed by atoms with Crippen molar-refractivity contribution in [3.63, 3.8) is 0 Å². The first-order valence-corrected chi connectivity index (χ1v) is 7.44. The predicted molar refractivity (Wildman–Crippen MR) is 72.4 cm³/mol. The summed E-state index contributed by atoms with van der Waals surface area (Å²) in [5, 5.41) is 19.9. The summed E-state index contributed by atoms with van der Waals surface area (Å²) in [6.45, 7) is 2.28. The zero-order valence-corrected chi connectivity index (χ0v) is 20.7. The van der Waals surface area contributed by atoms with Gasteiger partial charge in [-0.15, -0.1) is 0 Å². The monoisotopic (exact) mass is 342 g/mol. The summed E-state index contributed by atoms with van der Waals surface area (Å²) < 4.78 is 0. The number of hydrogen-bond acceptors (Lipinski definition) is 4. The van der Waals surface area contributed by atoms with Gasteiger partial charge in [-0.05, 0) is 0 Å². The van der Waals surface area contributed by atoms with E-state index in [0.29, 0.717) is 0 Å².